The van der Waals surface area contributed by atoms with Crippen molar-refractivity contribution in [3.63, 3.8) is 0 Å². The minimum absolute atomic E-state index is 0.378. The largest absolute Gasteiger partial charge is 0.481 e. The molecular formula is C12H13ClN2O2. The van der Waals surface area contributed by atoms with Crippen molar-refractivity contribution in [3.05, 3.63) is 28.8 Å². The first-order valence-corrected chi connectivity index (χ1v) is 5.58. The van der Waals surface area contributed by atoms with Gasteiger partial charge in [-0.05, 0) is 24.6 Å². The summed E-state index contributed by atoms with van der Waals surface area (Å²) in [5.74, 6) is -1.18. The molecule has 0 amide bonds. The van der Waals surface area contributed by atoms with E-state index in [1.54, 1.807) is 25.1 Å². The standard InChI is InChI=1S/C12H13ClN2O2/c1-8(12(16)17)4-5-15-10-3-2-9(7-14)11(13)6-10/h2-3,6,8,15H,4-5H2,1H3,(H,16,17). The maximum Gasteiger partial charge on any atom is 0.306 e. The number of nitrogens with one attached hydrogen (secondary N) is 1. The van der Waals surface area contributed by atoms with E-state index >= 15 is 0 Å². The van der Waals surface area contributed by atoms with Gasteiger partial charge in [0.1, 0.15) is 6.07 Å². The Hall–Kier alpha value is -1.73. The zero-order valence-corrected chi connectivity index (χ0v) is 10.2. The number of carbonyl (C=O) groups is 1. The van der Waals surface area contributed by atoms with Crippen LogP contribution in [0, 0.1) is 17.2 Å². The summed E-state index contributed by atoms with van der Waals surface area (Å²) in [4.78, 5) is 10.6. The Morgan fingerprint density at radius 1 is 1.65 bits per heavy atom. The first kappa shape index (κ1) is 13.3. The highest BCUT2D eigenvalue weighted by atomic mass is 35.5. The molecule has 0 aliphatic heterocycles. The zero-order chi connectivity index (χ0) is 12.8. The fourth-order valence-electron chi connectivity index (χ4n) is 1.27. The average molecular weight is 253 g/mol. The van der Waals surface area contributed by atoms with E-state index < -0.39 is 5.97 Å². The Balaban J connectivity index is 2.51. The first-order valence-electron chi connectivity index (χ1n) is 5.21. The van der Waals surface area contributed by atoms with Gasteiger partial charge in [0.2, 0.25) is 0 Å². The molecule has 1 unspecified atom stereocenters. The molecule has 5 heteroatoms. The van der Waals surface area contributed by atoms with Crippen LogP contribution < -0.4 is 5.32 Å². The first-order chi connectivity index (χ1) is 8.04. The summed E-state index contributed by atoms with van der Waals surface area (Å²) >= 11 is 5.86. The number of nitrogens with zero attached hydrogens (tertiary/aromatic N) is 1. The number of halogens is 1. The van der Waals surface area contributed by atoms with Gasteiger partial charge in [0.05, 0.1) is 16.5 Å². The van der Waals surface area contributed by atoms with Crippen molar-refractivity contribution in [2.24, 2.45) is 5.92 Å². The number of aliphatic carboxylic acids is 1. The maximum atomic E-state index is 10.6. The van der Waals surface area contributed by atoms with Crippen molar-refractivity contribution >= 4 is 23.3 Å². The highest BCUT2D eigenvalue weighted by Crippen LogP contribution is 2.20. The lowest BCUT2D eigenvalue weighted by Gasteiger charge is -2.09. The molecule has 0 spiro atoms. The summed E-state index contributed by atoms with van der Waals surface area (Å²) in [6, 6.07) is 7.01. The van der Waals surface area contributed by atoms with Gasteiger partial charge in [-0.1, -0.05) is 18.5 Å². The van der Waals surface area contributed by atoms with E-state index in [0.717, 1.165) is 5.69 Å². The van der Waals surface area contributed by atoms with Gasteiger partial charge in [0.25, 0.3) is 0 Å². The predicted octanol–water partition coefficient (Wildman–Crippen LogP) is 2.73. The Labute approximate surface area is 105 Å². The van der Waals surface area contributed by atoms with Crippen molar-refractivity contribution in [2.75, 3.05) is 11.9 Å². The maximum absolute atomic E-state index is 10.6. The third kappa shape index (κ3) is 3.97. The van der Waals surface area contributed by atoms with E-state index in [-0.39, 0.29) is 5.92 Å². The molecule has 4 nitrogen and oxygen atoms in total. The minimum atomic E-state index is -0.801. The normalized spacial score (nSPS) is 11.6. The van der Waals surface area contributed by atoms with Gasteiger partial charge in [-0.15, -0.1) is 0 Å². The Morgan fingerprint density at radius 3 is 2.88 bits per heavy atom. The van der Waals surface area contributed by atoms with Crippen molar-refractivity contribution in [3.8, 4) is 6.07 Å². The van der Waals surface area contributed by atoms with Crippen molar-refractivity contribution < 1.29 is 9.90 Å². The highest BCUT2D eigenvalue weighted by molar-refractivity contribution is 6.32. The minimum Gasteiger partial charge on any atom is -0.481 e. The molecule has 0 aliphatic rings. The molecule has 0 bridgehead atoms. The second-order valence-corrected chi connectivity index (χ2v) is 4.17. The third-order valence-electron chi connectivity index (χ3n) is 2.42. The number of nitriles is 1. The van der Waals surface area contributed by atoms with Gasteiger partial charge in [-0.2, -0.15) is 5.26 Å². The molecule has 1 atom stereocenters. The van der Waals surface area contributed by atoms with Crippen LogP contribution in [0.4, 0.5) is 5.69 Å². The van der Waals surface area contributed by atoms with Crippen LogP contribution in [0.15, 0.2) is 18.2 Å². The molecule has 1 aromatic carbocycles. The number of benzene rings is 1. The fourth-order valence-corrected chi connectivity index (χ4v) is 1.50. The van der Waals surface area contributed by atoms with Crippen LogP contribution in [0.1, 0.15) is 18.9 Å². The van der Waals surface area contributed by atoms with E-state index in [0.29, 0.717) is 23.6 Å². The smallest absolute Gasteiger partial charge is 0.306 e. The summed E-state index contributed by atoms with van der Waals surface area (Å²) in [6.07, 6.45) is 0.535. The van der Waals surface area contributed by atoms with Crippen LogP contribution in [0.3, 0.4) is 0 Å². The Morgan fingerprint density at radius 2 is 2.35 bits per heavy atom. The van der Waals surface area contributed by atoms with E-state index in [4.69, 9.17) is 22.0 Å². The van der Waals surface area contributed by atoms with Crippen LogP contribution >= 0.6 is 11.6 Å². The number of hydrogen-bond donors (Lipinski definition) is 2. The molecule has 90 valence electrons. The molecule has 17 heavy (non-hydrogen) atoms. The zero-order valence-electron chi connectivity index (χ0n) is 9.40. The quantitative estimate of drug-likeness (QED) is 0.845. The van der Waals surface area contributed by atoms with Gasteiger partial charge < -0.3 is 10.4 Å². The van der Waals surface area contributed by atoms with E-state index in [9.17, 15) is 4.79 Å². The monoisotopic (exact) mass is 252 g/mol. The molecule has 0 heterocycles. The second kappa shape index (κ2) is 6.12. The predicted molar refractivity (Wildman–Crippen MR) is 66.1 cm³/mol. The topological polar surface area (TPSA) is 73.1 Å². The Bertz CT molecular complexity index is 454. The highest BCUT2D eigenvalue weighted by Gasteiger charge is 2.09. The van der Waals surface area contributed by atoms with Crippen molar-refractivity contribution in [2.45, 2.75) is 13.3 Å². The van der Waals surface area contributed by atoms with E-state index in [1.807, 2.05) is 6.07 Å². The van der Waals surface area contributed by atoms with Crippen LogP contribution in [-0.2, 0) is 4.79 Å². The summed E-state index contributed by atoms with van der Waals surface area (Å²) in [5.41, 5.74) is 1.21. The van der Waals surface area contributed by atoms with Gasteiger partial charge in [-0.3, -0.25) is 4.79 Å². The van der Waals surface area contributed by atoms with Gasteiger partial charge in [-0.25, -0.2) is 0 Å². The molecule has 1 aromatic rings. The lowest BCUT2D eigenvalue weighted by atomic mass is 10.1. The number of carboxylic acids is 1. The molecule has 0 radical (unpaired) electrons. The van der Waals surface area contributed by atoms with Gasteiger partial charge in [0.15, 0.2) is 0 Å². The van der Waals surface area contributed by atoms with E-state index in [2.05, 4.69) is 5.32 Å². The number of anilines is 1. The number of hydrogen-bond acceptors (Lipinski definition) is 3. The van der Waals surface area contributed by atoms with Crippen LogP contribution in [0.5, 0.6) is 0 Å². The molecule has 0 aromatic heterocycles. The molecule has 0 saturated carbocycles. The SMILES string of the molecule is CC(CCNc1ccc(C#N)c(Cl)c1)C(=O)O. The summed E-state index contributed by atoms with van der Waals surface area (Å²) in [5, 5.41) is 20.9. The summed E-state index contributed by atoms with van der Waals surface area (Å²) in [7, 11) is 0. The lowest BCUT2D eigenvalue weighted by molar-refractivity contribution is -0.141. The molecule has 0 aliphatic carbocycles. The number of carboxylic acid groups (broad SMARTS) is 1. The van der Waals surface area contributed by atoms with Crippen LogP contribution in [0.25, 0.3) is 0 Å². The molecule has 1 rings (SSSR count). The molecular weight excluding hydrogens is 240 g/mol. The van der Waals surface area contributed by atoms with Crippen LogP contribution in [0.2, 0.25) is 5.02 Å². The van der Waals surface area contributed by atoms with Gasteiger partial charge in [0, 0.05) is 12.2 Å². The van der Waals surface area contributed by atoms with Crippen LogP contribution in [-0.4, -0.2) is 17.6 Å². The number of rotatable bonds is 5. The summed E-state index contributed by atoms with van der Waals surface area (Å²) < 4.78 is 0. The second-order valence-electron chi connectivity index (χ2n) is 3.76. The average Bonchev–Trinajstić information content (AvgIpc) is 2.29. The fraction of sp³-hybridized carbons (Fsp3) is 0.333. The lowest BCUT2D eigenvalue weighted by Crippen LogP contribution is -2.14. The third-order valence-corrected chi connectivity index (χ3v) is 2.73. The van der Waals surface area contributed by atoms with Gasteiger partial charge >= 0.3 is 5.97 Å². The molecule has 2 N–H and O–H groups in total. The van der Waals surface area contributed by atoms with Crippen molar-refractivity contribution in [1.82, 2.24) is 0 Å². The summed E-state index contributed by atoms with van der Waals surface area (Å²) in [6.45, 7) is 2.21. The van der Waals surface area contributed by atoms with Crippen molar-refractivity contribution in [1.29, 1.82) is 5.26 Å². The Kier molecular flexibility index (Phi) is 4.80. The molecule has 0 saturated heterocycles. The molecule has 0 fully saturated rings. The van der Waals surface area contributed by atoms with E-state index in [1.165, 1.54) is 0 Å².